The third kappa shape index (κ3) is 5.56. The van der Waals surface area contributed by atoms with Gasteiger partial charge in [0.15, 0.2) is 0 Å². The lowest BCUT2D eigenvalue weighted by Crippen LogP contribution is -2.45. The molecule has 2 rings (SSSR count). The maximum atomic E-state index is 12.6. The Morgan fingerprint density at radius 1 is 0.897 bits per heavy atom. The lowest BCUT2D eigenvalue weighted by atomic mass is 9.91. The van der Waals surface area contributed by atoms with Crippen LogP contribution in [0, 0.1) is 11.3 Å². The van der Waals surface area contributed by atoms with E-state index in [1.165, 1.54) is 32.4 Å². The highest BCUT2D eigenvalue weighted by molar-refractivity contribution is 5.96. The number of ether oxygens (including phenoxy) is 3. The number of amides is 1. The summed E-state index contributed by atoms with van der Waals surface area (Å²) in [4.78, 5) is 50.4. The van der Waals surface area contributed by atoms with Crippen molar-refractivity contribution in [1.29, 1.82) is 0 Å². The highest BCUT2D eigenvalue weighted by Gasteiger charge is 2.33. The first kappa shape index (κ1) is 22.4. The van der Waals surface area contributed by atoms with E-state index in [0.29, 0.717) is 25.9 Å². The predicted octanol–water partition coefficient (Wildman–Crippen LogP) is 2.45. The Morgan fingerprint density at radius 2 is 1.38 bits per heavy atom. The van der Waals surface area contributed by atoms with Crippen molar-refractivity contribution in [3.63, 3.8) is 0 Å². The summed E-state index contributed by atoms with van der Waals surface area (Å²) >= 11 is 0. The van der Waals surface area contributed by atoms with Crippen molar-refractivity contribution < 1.29 is 33.4 Å². The molecule has 1 aliphatic rings. The minimum atomic E-state index is -0.665. The molecule has 0 spiro atoms. The van der Waals surface area contributed by atoms with E-state index >= 15 is 0 Å². The van der Waals surface area contributed by atoms with Gasteiger partial charge in [0.25, 0.3) is 0 Å². The average Bonchev–Trinajstić information content (AvgIpc) is 2.71. The number of carbonyl (C=O) groups is 4. The summed E-state index contributed by atoms with van der Waals surface area (Å²) in [6, 6.07) is 3.99. The molecule has 1 heterocycles. The van der Waals surface area contributed by atoms with Gasteiger partial charge in [-0.2, -0.15) is 0 Å². The van der Waals surface area contributed by atoms with Crippen LogP contribution in [0.5, 0.6) is 5.75 Å². The molecule has 158 valence electrons. The van der Waals surface area contributed by atoms with Crippen molar-refractivity contribution in [1.82, 2.24) is 4.90 Å². The fraction of sp³-hybridized carbons (Fsp3) is 0.524. The lowest BCUT2D eigenvalue weighted by Gasteiger charge is -2.34. The Labute approximate surface area is 170 Å². The van der Waals surface area contributed by atoms with Crippen molar-refractivity contribution in [2.45, 2.75) is 33.6 Å². The van der Waals surface area contributed by atoms with E-state index in [9.17, 15) is 19.2 Å². The van der Waals surface area contributed by atoms with Gasteiger partial charge in [-0.15, -0.1) is 0 Å². The molecule has 1 saturated heterocycles. The first-order chi connectivity index (χ1) is 13.6. The Bertz CT molecular complexity index is 767. The number of likely N-dealkylation sites (tertiary alicyclic amines) is 1. The van der Waals surface area contributed by atoms with Crippen molar-refractivity contribution in [3.05, 3.63) is 29.3 Å². The minimum absolute atomic E-state index is 0.0535. The molecule has 0 bridgehead atoms. The smallest absolute Gasteiger partial charge is 0.338 e. The van der Waals surface area contributed by atoms with E-state index in [1.807, 2.05) is 20.8 Å². The molecule has 0 aromatic heterocycles. The van der Waals surface area contributed by atoms with E-state index in [2.05, 4.69) is 9.47 Å². The van der Waals surface area contributed by atoms with E-state index in [-0.39, 0.29) is 28.7 Å². The zero-order valence-electron chi connectivity index (χ0n) is 17.4. The molecule has 1 aliphatic heterocycles. The topological polar surface area (TPSA) is 99.2 Å². The molecule has 0 aliphatic carbocycles. The van der Waals surface area contributed by atoms with Gasteiger partial charge in [0, 0.05) is 18.5 Å². The SMILES string of the molecule is COC(=O)c1cc(OC(=O)C2CCN(C(=O)C(C)(C)C)CC2)cc(C(=O)OC)c1. The molecule has 1 amide bonds. The number of hydrogen-bond donors (Lipinski definition) is 0. The summed E-state index contributed by atoms with van der Waals surface area (Å²) in [5.74, 6) is -2.05. The maximum absolute atomic E-state index is 12.6. The molecular weight excluding hydrogens is 378 g/mol. The summed E-state index contributed by atoms with van der Waals surface area (Å²) in [6.45, 7) is 6.55. The van der Waals surface area contributed by atoms with Gasteiger partial charge in [-0.25, -0.2) is 9.59 Å². The Kier molecular flexibility index (Phi) is 7.00. The van der Waals surface area contributed by atoms with Crippen molar-refractivity contribution >= 4 is 23.8 Å². The van der Waals surface area contributed by atoms with Crippen LogP contribution in [0.15, 0.2) is 18.2 Å². The first-order valence-corrected chi connectivity index (χ1v) is 9.39. The number of methoxy groups -OCH3 is 2. The number of benzene rings is 1. The summed E-state index contributed by atoms with van der Waals surface area (Å²) in [6.07, 6.45) is 0.975. The van der Waals surface area contributed by atoms with Gasteiger partial charge in [-0.1, -0.05) is 20.8 Å². The van der Waals surface area contributed by atoms with Crippen LogP contribution in [0.1, 0.15) is 54.3 Å². The van der Waals surface area contributed by atoms with E-state index in [0.717, 1.165) is 0 Å². The summed E-state index contributed by atoms with van der Waals surface area (Å²) in [5, 5.41) is 0. The number of piperidine rings is 1. The maximum Gasteiger partial charge on any atom is 0.338 e. The molecule has 0 atom stereocenters. The van der Waals surface area contributed by atoms with Gasteiger partial charge in [-0.3, -0.25) is 9.59 Å². The van der Waals surface area contributed by atoms with Crippen LogP contribution in [0.3, 0.4) is 0 Å². The van der Waals surface area contributed by atoms with E-state index < -0.39 is 23.3 Å². The first-order valence-electron chi connectivity index (χ1n) is 9.39. The fourth-order valence-electron chi connectivity index (χ4n) is 3.12. The third-order valence-electron chi connectivity index (χ3n) is 4.72. The van der Waals surface area contributed by atoms with Gasteiger partial charge in [0.2, 0.25) is 5.91 Å². The summed E-state index contributed by atoms with van der Waals surface area (Å²) < 4.78 is 14.8. The highest BCUT2D eigenvalue weighted by Crippen LogP contribution is 2.26. The monoisotopic (exact) mass is 405 g/mol. The second-order valence-corrected chi connectivity index (χ2v) is 7.97. The third-order valence-corrected chi connectivity index (χ3v) is 4.72. The number of rotatable bonds is 4. The molecular formula is C21H27NO7. The van der Waals surface area contributed by atoms with Crippen LogP contribution in [0.2, 0.25) is 0 Å². The van der Waals surface area contributed by atoms with Gasteiger partial charge in [-0.05, 0) is 31.0 Å². The van der Waals surface area contributed by atoms with Crippen LogP contribution in [-0.2, 0) is 19.1 Å². The molecule has 29 heavy (non-hydrogen) atoms. The second-order valence-electron chi connectivity index (χ2n) is 7.97. The molecule has 8 nitrogen and oxygen atoms in total. The number of esters is 3. The normalized spacial score (nSPS) is 14.9. The average molecular weight is 405 g/mol. The zero-order valence-corrected chi connectivity index (χ0v) is 17.4. The molecule has 1 aromatic rings. The Hall–Kier alpha value is -2.90. The molecule has 0 N–H and O–H groups in total. The molecule has 0 unspecified atom stereocenters. The quantitative estimate of drug-likeness (QED) is 0.560. The van der Waals surface area contributed by atoms with Crippen molar-refractivity contribution in [2.75, 3.05) is 27.3 Å². The molecule has 1 fully saturated rings. The molecule has 1 aromatic carbocycles. The number of hydrogen-bond acceptors (Lipinski definition) is 7. The Balaban J connectivity index is 2.10. The van der Waals surface area contributed by atoms with Crippen LogP contribution in [0.4, 0.5) is 0 Å². The summed E-state index contributed by atoms with van der Waals surface area (Å²) in [7, 11) is 2.43. The minimum Gasteiger partial charge on any atom is -0.465 e. The van der Waals surface area contributed by atoms with Gasteiger partial charge < -0.3 is 19.1 Å². The van der Waals surface area contributed by atoms with Crippen LogP contribution in [-0.4, -0.2) is 56.0 Å². The standard InChI is InChI=1S/C21H27NO7/c1-21(2,3)20(26)22-8-6-13(7-9-22)19(25)29-16-11-14(17(23)27-4)10-15(12-16)18(24)28-5/h10-13H,6-9H2,1-5H3. The van der Waals surface area contributed by atoms with Gasteiger partial charge >= 0.3 is 17.9 Å². The summed E-state index contributed by atoms with van der Waals surface area (Å²) in [5.41, 5.74) is -0.320. The van der Waals surface area contributed by atoms with Crippen LogP contribution < -0.4 is 4.74 Å². The van der Waals surface area contributed by atoms with Crippen LogP contribution >= 0.6 is 0 Å². The predicted molar refractivity (Wildman–Crippen MR) is 104 cm³/mol. The number of carbonyl (C=O) groups excluding carboxylic acids is 4. The Morgan fingerprint density at radius 3 is 1.79 bits per heavy atom. The lowest BCUT2D eigenvalue weighted by molar-refractivity contribution is -0.146. The highest BCUT2D eigenvalue weighted by atomic mass is 16.5. The van der Waals surface area contributed by atoms with Crippen molar-refractivity contribution in [2.24, 2.45) is 11.3 Å². The van der Waals surface area contributed by atoms with Crippen molar-refractivity contribution in [3.8, 4) is 5.75 Å². The van der Waals surface area contributed by atoms with Crippen LogP contribution in [0.25, 0.3) is 0 Å². The second kappa shape index (κ2) is 9.07. The van der Waals surface area contributed by atoms with Gasteiger partial charge in [0.05, 0.1) is 31.3 Å². The molecule has 0 radical (unpaired) electrons. The zero-order chi connectivity index (χ0) is 21.8. The van der Waals surface area contributed by atoms with E-state index in [1.54, 1.807) is 4.90 Å². The fourth-order valence-corrected chi connectivity index (χ4v) is 3.12. The van der Waals surface area contributed by atoms with Gasteiger partial charge in [0.1, 0.15) is 5.75 Å². The largest absolute Gasteiger partial charge is 0.465 e. The molecule has 0 saturated carbocycles. The molecule has 8 heteroatoms. The number of nitrogens with zero attached hydrogens (tertiary/aromatic N) is 1. The van der Waals surface area contributed by atoms with E-state index in [4.69, 9.17) is 4.74 Å².